The van der Waals surface area contributed by atoms with Crippen molar-refractivity contribution in [2.24, 2.45) is 4.99 Å². The van der Waals surface area contributed by atoms with Crippen molar-refractivity contribution in [2.75, 3.05) is 7.05 Å². The van der Waals surface area contributed by atoms with Gasteiger partial charge in [-0.1, -0.05) is 24.8 Å². The van der Waals surface area contributed by atoms with Gasteiger partial charge >= 0.3 is 7.12 Å². The van der Waals surface area contributed by atoms with E-state index in [2.05, 4.69) is 23.5 Å². The topological polar surface area (TPSA) is 53.9 Å². The third-order valence-corrected chi connectivity index (χ3v) is 3.04. The number of allylic oxidation sites excluding steroid dienone is 1. The van der Waals surface area contributed by atoms with Gasteiger partial charge in [-0.05, 0) is 17.7 Å². The Hall–Kier alpha value is -1.63. The normalized spacial score (nSPS) is 14.2. The summed E-state index contributed by atoms with van der Waals surface area (Å²) in [5, 5.41) is 12.4. The molecule has 4 nitrogen and oxygen atoms in total. The molecule has 0 saturated carbocycles. The number of rotatable bonds is 4. The maximum absolute atomic E-state index is 14.1. The average molecular weight is 295 g/mol. The highest BCUT2D eigenvalue weighted by Gasteiger charge is 2.31. The second-order valence-electron chi connectivity index (χ2n) is 4.26. The van der Waals surface area contributed by atoms with Crippen LogP contribution >= 0.6 is 11.6 Å². The first-order valence-corrected chi connectivity index (χ1v) is 6.24. The summed E-state index contributed by atoms with van der Waals surface area (Å²) in [7, 11) is 0.445. The number of fused-ring (bicyclic) bond motifs is 1. The highest BCUT2D eigenvalue weighted by atomic mass is 35.5. The molecule has 7 heteroatoms. The van der Waals surface area contributed by atoms with E-state index in [4.69, 9.17) is 16.3 Å². The summed E-state index contributed by atoms with van der Waals surface area (Å²) in [5.74, 6) is -0.556. The van der Waals surface area contributed by atoms with Crippen LogP contribution in [0.5, 0.6) is 0 Å². The maximum Gasteiger partial charge on any atom is 0.494 e. The maximum atomic E-state index is 14.1. The lowest BCUT2D eigenvalue weighted by molar-refractivity contribution is 0.275. The first kappa shape index (κ1) is 14.8. The van der Waals surface area contributed by atoms with E-state index in [9.17, 15) is 9.41 Å². The van der Waals surface area contributed by atoms with E-state index in [0.29, 0.717) is 22.5 Å². The van der Waals surface area contributed by atoms with E-state index >= 15 is 0 Å². The second-order valence-corrected chi connectivity index (χ2v) is 4.70. The summed E-state index contributed by atoms with van der Waals surface area (Å²) < 4.78 is 19.1. The average Bonchev–Trinajstić information content (AvgIpc) is 2.77. The molecule has 0 aliphatic carbocycles. The number of likely N-dealkylation sites (N-methyl/N-ethyl adjacent to an activating group) is 1. The lowest BCUT2D eigenvalue weighted by Crippen LogP contribution is -2.31. The van der Waals surface area contributed by atoms with Crippen LogP contribution < -0.4 is 10.8 Å². The summed E-state index contributed by atoms with van der Waals surface area (Å²) in [6.45, 7) is 7.43. The molecular weight excluding hydrogens is 281 g/mol. The van der Waals surface area contributed by atoms with Crippen molar-refractivity contribution in [2.45, 2.75) is 6.61 Å². The summed E-state index contributed by atoms with van der Waals surface area (Å²) in [6.07, 6.45) is 0. The van der Waals surface area contributed by atoms with Gasteiger partial charge in [0.25, 0.3) is 0 Å². The Labute approximate surface area is 121 Å². The molecule has 2 N–H and O–H groups in total. The number of aliphatic imine (C=N–C) groups is 1. The largest absolute Gasteiger partial charge is 0.494 e. The number of halogens is 2. The highest BCUT2D eigenvalue weighted by molar-refractivity contribution is 6.61. The van der Waals surface area contributed by atoms with Crippen LogP contribution in [0, 0.1) is 5.82 Å². The fourth-order valence-corrected chi connectivity index (χ4v) is 2.09. The number of hydrogen-bond acceptors (Lipinski definition) is 4. The van der Waals surface area contributed by atoms with E-state index in [1.165, 1.54) is 6.07 Å². The number of nitrogens with one attached hydrogen (secondary N) is 1. The number of benzene rings is 1. The molecule has 1 aromatic carbocycles. The van der Waals surface area contributed by atoms with E-state index in [1.807, 2.05) is 0 Å². The molecule has 0 amide bonds. The fourth-order valence-electron chi connectivity index (χ4n) is 2.01. The van der Waals surface area contributed by atoms with Crippen molar-refractivity contribution >= 4 is 29.9 Å². The molecule has 0 radical (unpaired) electrons. The van der Waals surface area contributed by atoms with Crippen molar-refractivity contribution in [3.8, 4) is 0 Å². The van der Waals surface area contributed by atoms with Gasteiger partial charge in [0.15, 0.2) is 0 Å². The Balaban J connectivity index is 2.54. The van der Waals surface area contributed by atoms with Crippen LogP contribution in [-0.2, 0) is 11.3 Å². The van der Waals surface area contributed by atoms with Gasteiger partial charge in [-0.25, -0.2) is 9.38 Å². The molecule has 0 atom stereocenters. The van der Waals surface area contributed by atoms with Gasteiger partial charge in [0.05, 0.1) is 18.0 Å². The number of nitrogens with zero attached hydrogens (tertiary/aromatic N) is 1. The molecule has 104 valence electrons. The zero-order chi connectivity index (χ0) is 14.9. The van der Waals surface area contributed by atoms with Crippen LogP contribution in [0.4, 0.5) is 4.39 Å². The molecule has 0 aromatic heterocycles. The SMILES string of the molecule is C=C(Cl)/N=C(\C(=C)NC)c1cc(F)c2c(c1)COB2O. The molecular formula is C13H13BClFN2O2. The predicted octanol–water partition coefficient (Wildman–Crippen LogP) is 1.28. The van der Waals surface area contributed by atoms with Gasteiger partial charge in [-0.3, -0.25) is 0 Å². The van der Waals surface area contributed by atoms with Gasteiger partial charge < -0.3 is 15.0 Å². The van der Waals surface area contributed by atoms with Crippen molar-refractivity contribution in [1.29, 1.82) is 0 Å². The van der Waals surface area contributed by atoms with Crippen molar-refractivity contribution in [1.82, 2.24) is 5.32 Å². The van der Waals surface area contributed by atoms with Gasteiger partial charge in [0, 0.05) is 18.1 Å². The molecule has 1 aliphatic rings. The first-order valence-electron chi connectivity index (χ1n) is 5.86. The summed E-state index contributed by atoms with van der Waals surface area (Å²) in [5.41, 5.74) is 2.08. The zero-order valence-electron chi connectivity index (χ0n) is 10.9. The summed E-state index contributed by atoms with van der Waals surface area (Å²) in [6, 6.07) is 2.95. The third kappa shape index (κ3) is 2.77. The smallest absolute Gasteiger partial charge is 0.423 e. The zero-order valence-corrected chi connectivity index (χ0v) is 11.7. The summed E-state index contributed by atoms with van der Waals surface area (Å²) in [4.78, 5) is 4.06. The summed E-state index contributed by atoms with van der Waals surface area (Å²) >= 11 is 5.69. The highest BCUT2D eigenvalue weighted by Crippen LogP contribution is 2.18. The van der Waals surface area contributed by atoms with Gasteiger partial charge in [0.1, 0.15) is 11.0 Å². The molecule has 1 aromatic rings. The standard InChI is InChI=1S/C13H13BClFN2O2/c1-7(17-3)13(18-8(2)15)9-4-10-6-20-14(19)12(10)11(16)5-9/h4-5,17,19H,1-2,6H2,3H3/b18-13+. The molecule has 0 spiro atoms. The van der Waals surface area contributed by atoms with Crippen LogP contribution in [0.15, 0.2) is 41.1 Å². The van der Waals surface area contributed by atoms with Gasteiger partial charge in [-0.2, -0.15) is 0 Å². The van der Waals surface area contributed by atoms with E-state index in [0.717, 1.165) is 0 Å². The minimum absolute atomic E-state index is 0.0635. The van der Waals surface area contributed by atoms with Crippen LogP contribution in [0.3, 0.4) is 0 Å². The molecule has 0 unspecified atom stereocenters. The third-order valence-electron chi connectivity index (χ3n) is 2.95. The van der Waals surface area contributed by atoms with Crippen molar-refractivity contribution in [3.05, 3.63) is 53.1 Å². The Kier molecular flexibility index (Phi) is 4.28. The predicted molar refractivity (Wildman–Crippen MR) is 78.5 cm³/mol. The molecule has 20 heavy (non-hydrogen) atoms. The van der Waals surface area contributed by atoms with Gasteiger partial charge in [0.2, 0.25) is 0 Å². The molecule has 2 rings (SSSR count). The Bertz CT molecular complexity index is 619. The Morgan fingerprint density at radius 2 is 2.25 bits per heavy atom. The fraction of sp³-hybridized carbons (Fsp3) is 0.154. The van der Waals surface area contributed by atoms with Crippen molar-refractivity contribution in [3.63, 3.8) is 0 Å². The molecule has 0 bridgehead atoms. The van der Waals surface area contributed by atoms with Crippen LogP contribution in [0.25, 0.3) is 0 Å². The lowest BCUT2D eigenvalue weighted by Gasteiger charge is -2.11. The van der Waals surface area contributed by atoms with Crippen LogP contribution in [0.2, 0.25) is 0 Å². The first-order chi connectivity index (χ1) is 9.43. The quantitative estimate of drug-likeness (QED) is 0.500. The number of hydrogen-bond donors (Lipinski definition) is 2. The minimum atomic E-state index is -1.23. The van der Waals surface area contributed by atoms with E-state index < -0.39 is 12.9 Å². The molecule has 0 saturated heterocycles. The monoisotopic (exact) mass is 294 g/mol. The Morgan fingerprint density at radius 1 is 1.55 bits per heavy atom. The van der Waals surface area contributed by atoms with Gasteiger partial charge in [-0.15, -0.1) is 0 Å². The molecule has 1 aliphatic heterocycles. The lowest BCUT2D eigenvalue weighted by atomic mass is 9.78. The van der Waals surface area contributed by atoms with Crippen LogP contribution in [0.1, 0.15) is 11.1 Å². The molecule has 1 heterocycles. The second kappa shape index (κ2) is 5.79. The Morgan fingerprint density at radius 3 is 2.85 bits per heavy atom. The van der Waals surface area contributed by atoms with Crippen LogP contribution in [-0.4, -0.2) is 24.9 Å². The van der Waals surface area contributed by atoms with E-state index in [1.54, 1.807) is 13.1 Å². The minimum Gasteiger partial charge on any atom is -0.423 e. The van der Waals surface area contributed by atoms with Crippen molar-refractivity contribution < 1.29 is 14.1 Å². The van der Waals surface area contributed by atoms with E-state index in [-0.39, 0.29) is 17.2 Å². The molecule has 0 fully saturated rings.